The van der Waals surface area contributed by atoms with Gasteiger partial charge in [0.05, 0.1) is 5.75 Å². The Kier molecular flexibility index (Phi) is 4.42. The smallest absolute Gasteiger partial charge is 0.321 e. The van der Waals surface area contributed by atoms with Crippen molar-refractivity contribution in [3.63, 3.8) is 0 Å². The molecule has 3 heteroatoms. The van der Waals surface area contributed by atoms with Gasteiger partial charge in [0.15, 0.2) is 0 Å². The molecule has 0 saturated carbocycles. The predicted octanol–water partition coefficient (Wildman–Crippen LogP) is 3.43. The number of esters is 1. The molecule has 0 atom stereocenters. The predicted molar refractivity (Wildman–Crippen MR) is 69.0 cm³/mol. The summed E-state index contributed by atoms with van der Waals surface area (Å²) in [6, 6.07) is 7.49. The lowest BCUT2D eigenvalue weighted by molar-refractivity contribution is -0.131. The molecule has 88 valence electrons. The molecule has 0 aliphatic heterocycles. The van der Waals surface area contributed by atoms with Crippen molar-refractivity contribution < 1.29 is 9.53 Å². The second-order valence-corrected chi connectivity index (χ2v) is 6.49. The van der Waals surface area contributed by atoms with Crippen molar-refractivity contribution in [2.75, 3.05) is 5.75 Å². The van der Waals surface area contributed by atoms with Gasteiger partial charge in [-0.15, -0.1) is 11.8 Å². The van der Waals surface area contributed by atoms with Crippen molar-refractivity contribution in [1.82, 2.24) is 0 Å². The highest BCUT2D eigenvalue weighted by Crippen LogP contribution is 2.23. The van der Waals surface area contributed by atoms with Crippen molar-refractivity contribution in [3.8, 4) is 5.75 Å². The van der Waals surface area contributed by atoms with E-state index >= 15 is 0 Å². The Morgan fingerprint density at radius 3 is 2.31 bits per heavy atom. The summed E-state index contributed by atoms with van der Waals surface area (Å²) >= 11 is 1.59. The largest absolute Gasteiger partial charge is 0.426 e. The van der Waals surface area contributed by atoms with E-state index in [1.165, 1.54) is 0 Å². The van der Waals surface area contributed by atoms with Gasteiger partial charge in [0, 0.05) is 4.75 Å². The summed E-state index contributed by atoms with van der Waals surface area (Å²) < 4.78 is 5.29. The van der Waals surface area contributed by atoms with E-state index in [9.17, 15) is 4.79 Å². The fourth-order valence-corrected chi connectivity index (χ4v) is 1.65. The van der Waals surface area contributed by atoms with E-state index in [4.69, 9.17) is 4.74 Å². The van der Waals surface area contributed by atoms with Crippen LogP contribution >= 0.6 is 11.8 Å². The molecule has 0 aromatic heterocycles. The lowest BCUT2D eigenvalue weighted by atomic mass is 10.2. The van der Waals surface area contributed by atoms with Gasteiger partial charge in [0.2, 0.25) is 0 Å². The summed E-state index contributed by atoms with van der Waals surface area (Å²) in [5.74, 6) is 0.811. The molecule has 0 bridgehead atoms. The molecule has 1 rings (SSSR count). The van der Waals surface area contributed by atoms with Crippen LogP contribution in [-0.4, -0.2) is 16.5 Å². The minimum Gasteiger partial charge on any atom is -0.426 e. The summed E-state index contributed by atoms with van der Waals surface area (Å²) in [6.45, 7) is 8.24. The molecule has 0 unspecified atom stereocenters. The zero-order chi connectivity index (χ0) is 12.2. The number of hydrogen-bond donors (Lipinski definition) is 0. The van der Waals surface area contributed by atoms with Crippen LogP contribution in [0.4, 0.5) is 0 Å². The van der Waals surface area contributed by atoms with Crippen LogP contribution in [0.2, 0.25) is 0 Å². The molecule has 0 radical (unpaired) electrons. The molecule has 0 amide bonds. The topological polar surface area (TPSA) is 26.3 Å². The number of hydrogen-bond acceptors (Lipinski definition) is 3. The van der Waals surface area contributed by atoms with E-state index in [-0.39, 0.29) is 10.7 Å². The second kappa shape index (κ2) is 5.39. The van der Waals surface area contributed by atoms with Gasteiger partial charge in [0.1, 0.15) is 5.75 Å². The van der Waals surface area contributed by atoms with Gasteiger partial charge < -0.3 is 4.74 Å². The number of carbonyl (C=O) groups excluding carboxylic acids is 1. The molecule has 0 aliphatic rings. The van der Waals surface area contributed by atoms with Crippen LogP contribution < -0.4 is 4.74 Å². The minimum absolute atomic E-state index is 0.0896. The molecular formula is C13H18O2S. The average Bonchev–Trinajstić information content (AvgIpc) is 2.18. The normalized spacial score (nSPS) is 11.2. The fraction of sp³-hybridized carbons (Fsp3) is 0.462. The number of benzene rings is 1. The number of ether oxygens (including phenoxy) is 1. The molecule has 16 heavy (non-hydrogen) atoms. The van der Waals surface area contributed by atoms with Gasteiger partial charge in [-0.1, -0.05) is 38.5 Å². The van der Waals surface area contributed by atoms with Crippen LogP contribution in [0.3, 0.4) is 0 Å². The van der Waals surface area contributed by atoms with Crippen LogP contribution in [0.5, 0.6) is 5.75 Å². The highest BCUT2D eigenvalue weighted by atomic mass is 32.2. The Labute approximate surface area is 101 Å². The first kappa shape index (κ1) is 13.1. The van der Waals surface area contributed by atoms with Gasteiger partial charge >= 0.3 is 5.97 Å². The number of thioether (sulfide) groups is 1. The van der Waals surface area contributed by atoms with E-state index in [0.29, 0.717) is 11.5 Å². The van der Waals surface area contributed by atoms with E-state index in [1.54, 1.807) is 11.8 Å². The maximum atomic E-state index is 11.5. The van der Waals surface area contributed by atoms with Gasteiger partial charge in [0.25, 0.3) is 0 Å². The highest BCUT2D eigenvalue weighted by Gasteiger charge is 2.14. The van der Waals surface area contributed by atoms with Crippen LogP contribution in [0, 0.1) is 6.92 Å². The molecule has 0 fully saturated rings. The van der Waals surface area contributed by atoms with E-state index in [2.05, 4.69) is 20.8 Å². The summed E-state index contributed by atoms with van der Waals surface area (Å²) in [6.07, 6.45) is 0. The van der Waals surface area contributed by atoms with Crippen molar-refractivity contribution in [1.29, 1.82) is 0 Å². The molecule has 0 saturated heterocycles. The van der Waals surface area contributed by atoms with Crippen LogP contribution in [0.25, 0.3) is 0 Å². The van der Waals surface area contributed by atoms with Crippen molar-refractivity contribution in [2.24, 2.45) is 0 Å². The Bertz CT molecular complexity index is 349. The zero-order valence-corrected chi connectivity index (χ0v) is 11.1. The molecular weight excluding hydrogens is 220 g/mol. The third-order valence-corrected chi connectivity index (χ3v) is 3.12. The van der Waals surface area contributed by atoms with Crippen LogP contribution in [0.1, 0.15) is 26.3 Å². The minimum atomic E-state index is -0.191. The monoisotopic (exact) mass is 238 g/mol. The van der Waals surface area contributed by atoms with Gasteiger partial charge in [-0.05, 0) is 19.1 Å². The number of aryl methyl sites for hydroxylation is 1. The lowest BCUT2D eigenvalue weighted by Crippen LogP contribution is -2.16. The average molecular weight is 238 g/mol. The Hall–Kier alpha value is -0.960. The highest BCUT2D eigenvalue weighted by molar-refractivity contribution is 8.01. The summed E-state index contributed by atoms with van der Waals surface area (Å²) in [5.41, 5.74) is 1.16. The molecule has 1 aromatic rings. The van der Waals surface area contributed by atoms with Crippen molar-refractivity contribution in [2.45, 2.75) is 32.4 Å². The van der Waals surface area contributed by atoms with Crippen LogP contribution in [0.15, 0.2) is 24.3 Å². The Morgan fingerprint density at radius 1 is 1.25 bits per heavy atom. The second-order valence-electron chi connectivity index (χ2n) is 4.69. The van der Waals surface area contributed by atoms with E-state index in [0.717, 1.165) is 5.56 Å². The van der Waals surface area contributed by atoms with E-state index in [1.807, 2.05) is 31.2 Å². The molecule has 2 nitrogen and oxygen atoms in total. The first-order valence-electron chi connectivity index (χ1n) is 5.28. The standard InChI is InChI=1S/C13H18O2S/c1-10-5-7-11(8-6-10)15-12(14)9-16-13(2,3)4/h5-8H,9H2,1-4H3. The molecule has 0 spiro atoms. The number of rotatable bonds is 3. The van der Waals surface area contributed by atoms with Crippen LogP contribution in [-0.2, 0) is 4.79 Å². The zero-order valence-electron chi connectivity index (χ0n) is 10.2. The first-order chi connectivity index (χ1) is 7.37. The Morgan fingerprint density at radius 2 is 1.81 bits per heavy atom. The maximum Gasteiger partial charge on any atom is 0.321 e. The molecule has 0 aliphatic carbocycles. The first-order valence-corrected chi connectivity index (χ1v) is 6.27. The van der Waals surface area contributed by atoms with Crippen molar-refractivity contribution in [3.05, 3.63) is 29.8 Å². The van der Waals surface area contributed by atoms with Gasteiger partial charge in [-0.25, -0.2) is 0 Å². The third-order valence-electron chi connectivity index (χ3n) is 1.88. The van der Waals surface area contributed by atoms with Crippen molar-refractivity contribution >= 4 is 17.7 Å². The van der Waals surface area contributed by atoms with E-state index < -0.39 is 0 Å². The fourth-order valence-electron chi connectivity index (χ4n) is 1.04. The lowest BCUT2D eigenvalue weighted by Gasteiger charge is -2.16. The molecule has 0 N–H and O–H groups in total. The summed E-state index contributed by atoms with van der Waals surface area (Å²) in [5, 5.41) is 0. The van der Waals surface area contributed by atoms with Gasteiger partial charge in [-0.3, -0.25) is 4.79 Å². The summed E-state index contributed by atoms with van der Waals surface area (Å²) in [4.78, 5) is 11.5. The Balaban J connectivity index is 2.43. The number of carbonyl (C=O) groups is 1. The third kappa shape index (κ3) is 5.21. The SMILES string of the molecule is Cc1ccc(OC(=O)CSC(C)(C)C)cc1. The maximum absolute atomic E-state index is 11.5. The molecule has 0 heterocycles. The van der Waals surface area contributed by atoms with Gasteiger partial charge in [-0.2, -0.15) is 0 Å². The molecule has 1 aromatic carbocycles. The quantitative estimate of drug-likeness (QED) is 0.596. The summed E-state index contributed by atoms with van der Waals surface area (Å²) in [7, 11) is 0.